The summed E-state index contributed by atoms with van der Waals surface area (Å²) in [5.41, 5.74) is 0. The first kappa shape index (κ1) is 14.0. The highest BCUT2D eigenvalue weighted by Crippen LogP contribution is 2.33. The molecular weight excluding hydrogens is 322 g/mol. The Morgan fingerprint density at radius 1 is 1.48 bits per heavy atom. The SMILES string of the molecule is CN1Cc2nncn2CC1c1nc(-c2ccc([N+](=O)[O-])s2)no1. The van der Waals surface area contributed by atoms with Crippen LogP contribution in [0.2, 0.25) is 0 Å². The fraction of sp³-hybridized carbons (Fsp3) is 0.333. The first-order chi connectivity index (χ1) is 11.1. The molecule has 0 spiro atoms. The van der Waals surface area contributed by atoms with Gasteiger partial charge in [-0.3, -0.25) is 15.0 Å². The second-order valence-electron chi connectivity index (χ2n) is 5.18. The van der Waals surface area contributed by atoms with Crippen LogP contribution in [0.3, 0.4) is 0 Å². The zero-order valence-corrected chi connectivity index (χ0v) is 12.8. The Morgan fingerprint density at radius 3 is 3.13 bits per heavy atom. The van der Waals surface area contributed by atoms with Crippen molar-refractivity contribution in [1.82, 2.24) is 29.8 Å². The lowest BCUT2D eigenvalue weighted by atomic mass is 10.2. The molecule has 0 aromatic carbocycles. The Balaban J connectivity index is 1.61. The van der Waals surface area contributed by atoms with E-state index in [9.17, 15) is 10.1 Å². The second kappa shape index (κ2) is 5.21. The van der Waals surface area contributed by atoms with E-state index in [1.54, 1.807) is 12.4 Å². The van der Waals surface area contributed by atoms with Gasteiger partial charge in [-0.25, -0.2) is 0 Å². The van der Waals surface area contributed by atoms with Gasteiger partial charge in [0.15, 0.2) is 0 Å². The number of thiophene rings is 1. The van der Waals surface area contributed by atoms with Gasteiger partial charge >= 0.3 is 5.00 Å². The molecule has 0 N–H and O–H groups in total. The van der Waals surface area contributed by atoms with Gasteiger partial charge in [0, 0.05) is 12.6 Å². The van der Waals surface area contributed by atoms with Crippen molar-refractivity contribution in [2.24, 2.45) is 0 Å². The molecule has 11 heteroatoms. The van der Waals surface area contributed by atoms with Gasteiger partial charge in [-0.05, 0) is 13.1 Å². The fourth-order valence-corrected chi connectivity index (χ4v) is 3.24. The molecule has 0 fully saturated rings. The molecule has 1 atom stereocenters. The molecule has 118 valence electrons. The second-order valence-corrected chi connectivity index (χ2v) is 6.24. The average molecular weight is 333 g/mol. The third kappa shape index (κ3) is 2.39. The van der Waals surface area contributed by atoms with E-state index >= 15 is 0 Å². The number of hydrogen-bond acceptors (Lipinski definition) is 9. The van der Waals surface area contributed by atoms with Crippen LogP contribution >= 0.6 is 11.3 Å². The highest BCUT2D eigenvalue weighted by Gasteiger charge is 2.30. The molecule has 0 amide bonds. The van der Waals surface area contributed by atoms with Gasteiger partial charge in [0.25, 0.3) is 0 Å². The highest BCUT2D eigenvalue weighted by atomic mass is 32.1. The van der Waals surface area contributed by atoms with E-state index in [-0.39, 0.29) is 11.0 Å². The minimum Gasteiger partial charge on any atom is -0.337 e. The van der Waals surface area contributed by atoms with Gasteiger partial charge in [-0.2, -0.15) is 4.98 Å². The summed E-state index contributed by atoms with van der Waals surface area (Å²) in [5.74, 6) is 1.72. The summed E-state index contributed by atoms with van der Waals surface area (Å²) in [5, 5.41) is 22.7. The third-order valence-corrected chi connectivity index (χ3v) is 4.74. The minimum atomic E-state index is -0.433. The van der Waals surface area contributed by atoms with E-state index in [0.717, 1.165) is 17.2 Å². The topological polar surface area (TPSA) is 116 Å². The van der Waals surface area contributed by atoms with E-state index < -0.39 is 4.92 Å². The summed E-state index contributed by atoms with van der Waals surface area (Å²) in [6.45, 7) is 1.25. The van der Waals surface area contributed by atoms with Crippen molar-refractivity contribution in [3.8, 4) is 10.7 Å². The van der Waals surface area contributed by atoms with Crippen LogP contribution in [-0.4, -0.2) is 41.8 Å². The molecule has 1 aliphatic heterocycles. The van der Waals surface area contributed by atoms with E-state index in [4.69, 9.17) is 4.52 Å². The summed E-state index contributed by atoms with van der Waals surface area (Å²) in [6.07, 6.45) is 1.68. The van der Waals surface area contributed by atoms with Gasteiger partial charge in [0.2, 0.25) is 11.7 Å². The van der Waals surface area contributed by atoms with Crippen LogP contribution in [0.25, 0.3) is 10.7 Å². The number of hydrogen-bond donors (Lipinski definition) is 0. The van der Waals surface area contributed by atoms with Crippen LogP contribution in [0.4, 0.5) is 5.00 Å². The molecule has 0 bridgehead atoms. The first-order valence-electron chi connectivity index (χ1n) is 6.77. The molecule has 0 saturated heterocycles. The number of rotatable bonds is 3. The molecular formula is C12H11N7O3S. The summed E-state index contributed by atoms with van der Waals surface area (Å²) < 4.78 is 7.32. The number of nitrogens with zero attached hydrogens (tertiary/aromatic N) is 7. The van der Waals surface area contributed by atoms with Crippen molar-refractivity contribution in [3.63, 3.8) is 0 Å². The molecule has 3 aromatic heterocycles. The van der Waals surface area contributed by atoms with E-state index in [2.05, 4.69) is 25.2 Å². The number of likely N-dealkylation sites (N-methyl/N-ethyl adjacent to an activating group) is 1. The molecule has 0 saturated carbocycles. The van der Waals surface area contributed by atoms with Crippen molar-refractivity contribution in [1.29, 1.82) is 0 Å². The van der Waals surface area contributed by atoms with Gasteiger partial charge in [0.1, 0.15) is 18.2 Å². The lowest BCUT2D eigenvalue weighted by Gasteiger charge is -2.29. The first-order valence-corrected chi connectivity index (χ1v) is 7.58. The molecule has 4 heterocycles. The number of fused-ring (bicyclic) bond motifs is 1. The Labute approximate surface area is 133 Å². The molecule has 1 unspecified atom stereocenters. The fourth-order valence-electron chi connectivity index (χ4n) is 2.50. The van der Waals surface area contributed by atoms with E-state index in [1.807, 2.05) is 11.6 Å². The van der Waals surface area contributed by atoms with Crippen LogP contribution in [0.1, 0.15) is 17.8 Å². The van der Waals surface area contributed by atoms with Crippen LogP contribution in [-0.2, 0) is 13.1 Å². The quantitative estimate of drug-likeness (QED) is 0.523. The van der Waals surface area contributed by atoms with Gasteiger partial charge in [0.05, 0.1) is 16.3 Å². The summed E-state index contributed by atoms with van der Waals surface area (Å²) in [6, 6.07) is 2.97. The Bertz CT molecular complexity index is 870. The van der Waals surface area contributed by atoms with Crippen molar-refractivity contribution >= 4 is 16.3 Å². The van der Waals surface area contributed by atoms with Gasteiger partial charge in [-0.15, -0.1) is 10.2 Å². The predicted octanol–water partition coefficient (Wildman–Crippen LogP) is 1.48. The summed E-state index contributed by atoms with van der Waals surface area (Å²) in [4.78, 5) is 17.4. The van der Waals surface area contributed by atoms with Crippen LogP contribution < -0.4 is 0 Å². The maximum atomic E-state index is 10.8. The minimum absolute atomic E-state index is 0.0512. The summed E-state index contributed by atoms with van der Waals surface area (Å²) in [7, 11) is 1.95. The highest BCUT2D eigenvalue weighted by molar-refractivity contribution is 7.18. The summed E-state index contributed by atoms with van der Waals surface area (Å²) >= 11 is 1.02. The zero-order valence-electron chi connectivity index (χ0n) is 12.0. The average Bonchev–Trinajstić information content (AvgIpc) is 3.25. The van der Waals surface area contributed by atoms with Crippen molar-refractivity contribution < 1.29 is 9.45 Å². The maximum Gasteiger partial charge on any atom is 0.324 e. The van der Waals surface area contributed by atoms with E-state index in [0.29, 0.717) is 29.7 Å². The third-order valence-electron chi connectivity index (χ3n) is 3.71. The van der Waals surface area contributed by atoms with Crippen LogP contribution in [0.15, 0.2) is 23.0 Å². The molecule has 1 aliphatic rings. The molecule has 3 aromatic rings. The Kier molecular flexibility index (Phi) is 3.16. The standard InChI is InChI=1S/C12H11N7O3S/c1-17-5-9-15-13-6-18(9)4-7(17)12-14-11(16-22-12)8-2-3-10(23-8)19(20)21/h2-3,6-7H,4-5H2,1H3. The lowest BCUT2D eigenvalue weighted by molar-refractivity contribution is -0.380. The van der Waals surface area contributed by atoms with Crippen molar-refractivity contribution in [2.45, 2.75) is 19.1 Å². The van der Waals surface area contributed by atoms with Gasteiger partial charge < -0.3 is 9.09 Å². The van der Waals surface area contributed by atoms with Crippen LogP contribution in [0.5, 0.6) is 0 Å². The molecule has 4 rings (SSSR count). The smallest absolute Gasteiger partial charge is 0.324 e. The lowest BCUT2D eigenvalue weighted by Crippen LogP contribution is -2.34. The van der Waals surface area contributed by atoms with Crippen molar-refractivity contribution in [3.05, 3.63) is 40.3 Å². The monoisotopic (exact) mass is 333 g/mol. The molecule has 10 nitrogen and oxygen atoms in total. The Morgan fingerprint density at radius 2 is 2.35 bits per heavy atom. The maximum absolute atomic E-state index is 10.8. The zero-order chi connectivity index (χ0) is 16.0. The molecule has 0 aliphatic carbocycles. The largest absolute Gasteiger partial charge is 0.337 e. The van der Waals surface area contributed by atoms with Gasteiger partial charge in [-0.1, -0.05) is 16.5 Å². The van der Waals surface area contributed by atoms with Crippen molar-refractivity contribution in [2.75, 3.05) is 7.05 Å². The number of aromatic nitrogens is 5. The number of nitro groups is 1. The van der Waals surface area contributed by atoms with E-state index in [1.165, 1.54) is 6.07 Å². The normalized spacial score (nSPS) is 18.0. The molecule has 0 radical (unpaired) electrons. The van der Waals surface area contributed by atoms with Crippen LogP contribution in [0, 0.1) is 10.1 Å². The molecule has 23 heavy (non-hydrogen) atoms. The predicted molar refractivity (Wildman–Crippen MR) is 78.5 cm³/mol. The Hall–Kier alpha value is -2.66.